The molecule has 6 heteroatoms. The van der Waals surface area contributed by atoms with Crippen molar-refractivity contribution in [3.05, 3.63) is 11.8 Å². The van der Waals surface area contributed by atoms with Crippen LogP contribution in [-0.4, -0.2) is 16.2 Å². The number of aromatic nitrogens is 2. The number of ether oxygens (including phenoxy) is 1. The Morgan fingerprint density at radius 2 is 2.11 bits per heavy atom. The summed E-state index contributed by atoms with van der Waals surface area (Å²) in [6.07, 6.45) is 3.35. The molecular formula is C13H17N3O3. The Balaban J connectivity index is 2.05. The van der Waals surface area contributed by atoms with E-state index in [2.05, 4.69) is 16.3 Å². The fourth-order valence-corrected chi connectivity index (χ4v) is 2.32. The van der Waals surface area contributed by atoms with E-state index in [0.717, 1.165) is 19.3 Å². The van der Waals surface area contributed by atoms with Crippen LogP contribution in [0.25, 0.3) is 0 Å². The van der Waals surface area contributed by atoms with Crippen LogP contribution in [0.2, 0.25) is 0 Å². The minimum atomic E-state index is -0.998. The van der Waals surface area contributed by atoms with Crippen LogP contribution in [0.4, 0.5) is 0 Å². The first-order chi connectivity index (χ1) is 9.07. The lowest BCUT2D eigenvalue weighted by Gasteiger charge is -2.28. The number of carbonyl (C=O) groups excluding carboxylic acids is 1. The van der Waals surface area contributed by atoms with E-state index in [4.69, 9.17) is 9.15 Å². The van der Waals surface area contributed by atoms with E-state index in [9.17, 15) is 10.1 Å². The molecule has 19 heavy (non-hydrogen) atoms. The van der Waals surface area contributed by atoms with Crippen molar-refractivity contribution < 1.29 is 13.9 Å². The van der Waals surface area contributed by atoms with E-state index < -0.39 is 17.5 Å². The van der Waals surface area contributed by atoms with Crippen molar-refractivity contribution in [2.75, 3.05) is 0 Å². The molecule has 0 saturated heterocycles. The van der Waals surface area contributed by atoms with Gasteiger partial charge in [-0.15, -0.1) is 10.2 Å². The second-order valence-corrected chi connectivity index (χ2v) is 4.96. The fraction of sp³-hybridized carbons (Fsp3) is 0.692. The zero-order valence-electron chi connectivity index (χ0n) is 11.2. The van der Waals surface area contributed by atoms with Gasteiger partial charge in [0.2, 0.25) is 5.89 Å². The Hall–Kier alpha value is -1.90. The third-order valence-corrected chi connectivity index (χ3v) is 3.49. The van der Waals surface area contributed by atoms with Gasteiger partial charge in [-0.25, -0.2) is 0 Å². The first-order valence-electron chi connectivity index (χ1n) is 6.50. The number of hydrogen-bond acceptors (Lipinski definition) is 6. The highest BCUT2D eigenvalue weighted by molar-refractivity contribution is 5.80. The topological polar surface area (TPSA) is 89.0 Å². The summed E-state index contributed by atoms with van der Waals surface area (Å²) in [6.45, 7) is 3.34. The molecule has 0 aromatic carbocycles. The standard InChI is InChI=1S/C13H17N3O3/c1-9(11-16-15-10(2)19-11)18-12(17)13(8-14)6-4-3-5-7-13/h9H,3-7H2,1-2H3/t9-/m0/s1. The Morgan fingerprint density at radius 3 is 2.63 bits per heavy atom. The molecule has 0 N–H and O–H groups in total. The molecule has 1 aliphatic rings. The second kappa shape index (κ2) is 5.39. The van der Waals surface area contributed by atoms with Gasteiger partial charge in [-0.2, -0.15) is 5.26 Å². The third-order valence-electron chi connectivity index (χ3n) is 3.49. The van der Waals surface area contributed by atoms with E-state index in [1.165, 1.54) is 0 Å². The average molecular weight is 263 g/mol. The summed E-state index contributed by atoms with van der Waals surface area (Å²) in [5.41, 5.74) is -0.998. The Morgan fingerprint density at radius 1 is 1.42 bits per heavy atom. The molecule has 1 aromatic heterocycles. The molecule has 0 unspecified atom stereocenters. The summed E-state index contributed by atoms with van der Waals surface area (Å²) >= 11 is 0. The summed E-state index contributed by atoms with van der Waals surface area (Å²) < 4.78 is 10.5. The Labute approximate surface area is 111 Å². The van der Waals surface area contributed by atoms with Crippen LogP contribution in [0.3, 0.4) is 0 Å². The minimum absolute atomic E-state index is 0.259. The molecule has 1 fully saturated rings. The van der Waals surface area contributed by atoms with E-state index >= 15 is 0 Å². The predicted molar refractivity (Wildman–Crippen MR) is 64.7 cm³/mol. The quantitative estimate of drug-likeness (QED) is 0.778. The van der Waals surface area contributed by atoms with Crippen molar-refractivity contribution >= 4 is 5.97 Å². The molecule has 0 bridgehead atoms. The van der Waals surface area contributed by atoms with Crippen LogP contribution in [0.1, 0.15) is 56.9 Å². The SMILES string of the molecule is Cc1nnc([C@H](C)OC(=O)C2(C#N)CCCCC2)o1. The molecule has 0 spiro atoms. The van der Waals surface area contributed by atoms with Crippen LogP contribution >= 0.6 is 0 Å². The van der Waals surface area contributed by atoms with Crippen LogP contribution in [-0.2, 0) is 9.53 Å². The summed E-state index contributed by atoms with van der Waals surface area (Å²) in [7, 11) is 0. The molecule has 6 nitrogen and oxygen atoms in total. The van der Waals surface area contributed by atoms with Gasteiger partial charge in [0.05, 0.1) is 6.07 Å². The zero-order valence-corrected chi connectivity index (χ0v) is 11.2. The lowest BCUT2D eigenvalue weighted by molar-refractivity contribution is -0.160. The Kier molecular flexibility index (Phi) is 3.84. The third kappa shape index (κ3) is 2.75. The molecule has 0 amide bonds. The van der Waals surface area contributed by atoms with Crippen molar-refractivity contribution in [2.24, 2.45) is 5.41 Å². The highest BCUT2D eigenvalue weighted by atomic mass is 16.6. The monoisotopic (exact) mass is 263 g/mol. The van der Waals surface area contributed by atoms with Crippen LogP contribution in [0, 0.1) is 23.7 Å². The molecule has 1 heterocycles. The molecule has 102 valence electrons. The molecule has 1 aromatic rings. The normalized spacial score (nSPS) is 19.4. The van der Waals surface area contributed by atoms with Gasteiger partial charge >= 0.3 is 5.97 Å². The van der Waals surface area contributed by atoms with Crippen molar-refractivity contribution in [2.45, 2.75) is 52.1 Å². The molecule has 0 aliphatic heterocycles. The predicted octanol–water partition coefficient (Wildman–Crippen LogP) is 2.46. The Bertz CT molecular complexity index is 497. The van der Waals surface area contributed by atoms with Gasteiger partial charge in [0.25, 0.3) is 5.89 Å². The van der Waals surface area contributed by atoms with Crippen molar-refractivity contribution in [3.63, 3.8) is 0 Å². The molecule has 1 aliphatic carbocycles. The first-order valence-corrected chi connectivity index (χ1v) is 6.50. The zero-order chi connectivity index (χ0) is 13.9. The van der Waals surface area contributed by atoms with E-state index in [-0.39, 0.29) is 5.89 Å². The van der Waals surface area contributed by atoms with Gasteiger partial charge in [0.1, 0.15) is 0 Å². The number of carbonyl (C=O) groups is 1. The van der Waals surface area contributed by atoms with Crippen molar-refractivity contribution in [1.29, 1.82) is 5.26 Å². The van der Waals surface area contributed by atoms with E-state index in [0.29, 0.717) is 18.7 Å². The number of hydrogen-bond donors (Lipinski definition) is 0. The molecule has 0 radical (unpaired) electrons. The summed E-state index contributed by atoms with van der Waals surface area (Å²) in [4.78, 5) is 12.2. The maximum absolute atomic E-state index is 12.2. The van der Waals surface area contributed by atoms with Gasteiger partial charge in [-0.1, -0.05) is 19.3 Å². The maximum Gasteiger partial charge on any atom is 0.327 e. The number of nitrogens with zero attached hydrogens (tertiary/aromatic N) is 3. The van der Waals surface area contributed by atoms with Crippen molar-refractivity contribution in [3.8, 4) is 6.07 Å². The van der Waals surface area contributed by atoms with E-state index in [1.54, 1.807) is 13.8 Å². The number of aryl methyl sites for hydroxylation is 1. The van der Waals surface area contributed by atoms with Gasteiger partial charge in [-0.05, 0) is 19.8 Å². The lowest BCUT2D eigenvalue weighted by Crippen LogP contribution is -2.34. The van der Waals surface area contributed by atoms with Crippen molar-refractivity contribution in [1.82, 2.24) is 10.2 Å². The van der Waals surface area contributed by atoms with Gasteiger partial charge in [0.15, 0.2) is 11.5 Å². The first kappa shape index (κ1) is 13.5. The maximum atomic E-state index is 12.2. The van der Waals surface area contributed by atoms with E-state index in [1.807, 2.05) is 0 Å². The highest BCUT2D eigenvalue weighted by Crippen LogP contribution is 2.38. The second-order valence-electron chi connectivity index (χ2n) is 4.96. The molecule has 2 rings (SSSR count). The lowest BCUT2D eigenvalue weighted by atomic mass is 9.75. The smallest absolute Gasteiger partial charge is 0.327 e. The number of esters is 1. The highest BCUT2D eigenvalue weighted by Gasteiger charge is 2.42. The number of rotatable bonds is 3. The summed E-state index contributed by atoms with van der Waals surface area (Å²) in [5, 5.41) is 16.8. The van der Waals surface area contributed by atoms with Crippen LogP contribution < -0.4 is 0 Å². The molecular weight excluding hydrogens is 246 g/mol. The largest absolute Gasteiger partial charge is 0.451 e. The van der Waals surface area contributed by atoms with Gasteiger partial charge < -0.3 is 9.15 Å². The average Bonchev–Trinajstić information content (AvgIpc) is 2.86. The minimum Gasteiger partial charge on any atom is -0.451 e. The summed E-state index contributed by atoms with van der Waals surface area (Å²) in [5.74, 6) is 0.207. The fourth-order valence-electron chi connectivity index (χ4n) is 2.32. The molecule has 1 saturated carbocycles. The van der Waals surface area contributed by atoms with Gasteiger partial charge in [0, 0.05) is 6.92 Å². The van der Waals surface area contributed by atoms with Crippen LogP contribution in [0.5, 0.6) is 0 Å². The van der Waals surface area contributed by atoms with Crippen LogP contribution in [0.15, 0.2) is 4.42 Å². The number of nitriles is 1. The summed E-state index contributed by atoms with van der Waals surface area (Å²) in [6, 6.07) is 2.14. The molecule has 1 atom stereocenters. The van der Waals surface area contributed by atoms with Gasteiger partial charge in [-0.3, -0.25) is 4.79 Å².